The Morgan fingerprint density at radius 2 is 1.87 bits per heavy atom. The molecule has 0 aliphatic carbocycles. The van der Waals surface area contributed by atoms with Crippen molar-refractivity contribution in [3.8, 4) is 0 Å². The van der Waals surface area contributed by atoms with Crippen LogP contribution in [-0.4, -0.2) is 57.8 Å². The van der Waals surface area contributed by atoms with Crippen LogP contribution in [0.3, 0.4) is 0 Å². The Hall–Kier alpha value is -3.26. The summed E-state index contributed by atoms with van der Waals surface area (Å²) in [6.07, 6.45) is 4.81. The van der Waals surface area contributed by atoms with Gasteiger partial charge in [0.2, 0.25) is 11.8 Å². The van der Waals surface area contributed by atoms with Crippen LogP contribution in [0.15, 0.2) is 54.9 Å². The van der Waals surface area contributed by atoms with Crippen LogP contribution in [0, 0.1) is 0 Å². The molecule has 3 heterocycles. The number of nitrogens with one attached hydrogen (secondary N) is 2. The molecule has 2 atom stereocenters. The third-order valence-corrected chi connectivity index (χ3v) is 5.57. The molecular formula is C22H25N5O3. The highest BCUT2D eigenvalue weighted by atomic mass is 16.2. The summed E-state index contributed by atoms with van der Waals surface area (Å²) in [6.45, 7) is 1.20. The standard InChI is InChI=1S/C22H25N5O3/c28-19(25-13-16-5-2-1-3-6-16)15-26-18-7-4-10-24-20(18)21(29)27(22(26)30)14-17-8-11-23-12-9-17/h1-3,5-6,8-9,11-12,18,20,24H,4,7,10,13-15H2,(H,25,28). The van der Waals surface area contributed by atoms with Crippen LogP contribution in [0.5, 0.6) is 0 Å². The number of benzene rings is 1. The van der Waals surface area contributed by atoms with E-state index in [9.17, 15) is 14.4 Å². The van der Waals surface area contributed by atoms with Crippen molar-refractivity contribution in [3.63, 3.8) is 0 Å². The Balaban J connectivity index is 1.48. The van der Waals surface area contributed by atoms with Gasteiger partial charge < -0.3 is 15.5 Å². The van der Waals surface area contributed by atoms with E-state index in [0.717, 1.165) is 24.1 Å². The molecule has 0 spiro atoms. The van der Waals surface area contributed by atoms with Gasteiger partial charge in [0.25, 0.3) is 0 Å². The zero-order valence-electron chi connectivity index (χ0n) is 16.7. The molecule has 2 aliphatic rings. The summed E-state index contributed by atoms with van der Waals surface area (Å²) in [5.41, 5.74) is 1.80. The van der Waals surface area contributed by atoms with Gasteiger partial charge >= 0.3 is 6.03 Å². The zero-order valence-corrected chi connectivity index (χ0v) is 16.7. The van der Waals surface area contributed by atoms with Gasteiger partial charge in [-0.15, -0.1) is 0 Å². The average Bonchev–Trinajstić information content (AvgIpc) is 2.79. The van der Waals surface area contributed by atoms with Crippen molar-refractivity contribution < 1.29 is 14.4 Å². The fourth-order valence-electron chi connectivity index (χ4n) is 4.03. The number of hydrogen-bond acceptors (Lipinski definition) is 5. The van der Waals surface area contributed by atoms with E-state index >= 15 is 0 Å². The molecule has 1 aromatic heterocycles. The number of imide groups is 1. The molecule has 4 rings (SSSR count). The number of nitrogens with zero attached hydrogens (tertiary/aromatic N) is 3. The maximum absolute atomic E-state index is 13.2. The van der Waals surface area contributed by atoms with Crippen molar-refractivity contribution in [2.75, 3.05) is 13.1 Å². The van der Waals surface area contributed by atoms with E-state index in [1.54, 1.807) is 29.4 Å². The normalized spacial score (nSPS) is 21.3. The summed E-state index contributed by atoms with van der Waals surface area (Å²) in [5, 5.41) is 6.11. The fraction of sp³-hybridized carbons (Fsp3) is 0.364. The van der Waals surface area contributed by atoms with E-state index in [1.807, 2.05) is 30.3 Å². The largest absolute Gasteiger partial charge is 0.350 e. The van der Waals surface area contributed by atoms with Gasteiger partial charge in [0.15, 0.2) is 0 Å². The van der Waals surface area contributed by atoms with Gasteiger partial charge in [0, 0.05) is 18.9 Å². The van der Waals surface area contributed by atoms with Crippen LogP contribution in [0.2, 0.25) is 0 Å². The number of aromatic nitrogens is 1. The Morgan fingerprint density at radius 3 is 2.63 bits per heavy atom. The minimum absolute atomic E-state index is 0.0748. The van der Waals surface area contributed by atoms with Crippen molar-refractivity contribution in [1.82, 2.24) is 25.4 Å². The Kier molecular flexibility index (Phi) is 6.04. The third kappa shape index (κ3) is 4.33. The molecule has 1 aromatic carbocycles. The van der Waals surface area contributed by atoms with Crippen molar-refractivity contribution in [2.24, 2.45) is 0 Å². The molecule has 0 bridgehead atoms. The highest BCUT2D eigenvalue weighted by Crippen LogP contribution is 2.25. The number of fused-ring (bicyclic) bond motifs is 1. The molecule has 2 aliphatic heterocycles. The molecule has 0 saturated carbocycles. The quantitative estimate of drug-likeness (QED) is 0.752. The van der Waals surface area contributed by atoms with Gasteiger partial charge in [-0.2, -0.15) is 0 Å². The van der Waals surface area contributed by atoms with Crippen molar-refractivity contribution in [1.29, 1.82) is 0 Å². The van der Waals surface area contributed by atoms with Gasteiger partial charge in [-0.05, 0) is 42.6 Å². The Bertz CT molecular complexity index is 906. The van der Waals surface area contributed by atoms with E-state index in [-0.39, 0.29) is 30.9 Å². The average molecular weight is 407 g/mol. The van der Waals surface area contributed by atoms with E-state index in [1.165, 1.54) is 4.90 Å². The number of amides is 4. The summed E-state index contributed by atoms with van der Waals surface area (Å²) < 4.78 is 0. The predicted octanol–water partition coefficient (Wildman–Crippen LogP) is 1.28. The van der Waals surface area contributed by atoms with Gasteiger partial charge in [-0.3, -0.25) is 19.5 Å². The number of urea groups is 1. The molecule has 8 heteroatoms. The first kappa shape index (κ1) is 20.0. The first-order valence-corrected chi connectivity index (χ1v) is 10.2. The molecule has 2 fully saturated rings. The SMILES string of the molecule is O=C(CN1C(=O)N(Cc2ccncc2)C(=O)C2NCCCC21)NCc1ccccc1. The summed E-state index contributed by atoms with van der Waals surface area (Å²) >= 11 is 0. The molecule has 2 aromatic rings. The van der Waals surface area contributed by atoms with E-state index in [0.29, 0.717) is 13.0 Å². The van der Waals surface area contributed by atoms with Crippen molar-refractivity contribution >= 4 is 17.8 Å². The lowest BCUT2D eigenvalue weighted by Crippen LogP contribution is -2.70. The molecule has 8 nitrogen and oxygen atoms in total. The number of pyridine rings is 1. The van der Waals surface area contributed by atoms with Crippen LogP contribution < -0.4 is 10.6 Å². The smallest absolute Gasteiger partial charge is 0.327 e. The van der Waals surface area contributed by atoms with Gasteiger partial charge in [-0.1, -0.05) is 30.3 Å². The van der Waals surface area contributed by atoms with E-state index in [2.05, 4.69) is 15.6 Å². The van der Waals surface area contributed by atoms with Crippen LogP contribution in [0.1, 0.15) is 24.0 Å². The van der Waals surface area contributed by atoms with E-state index in [4.69, 9.17) is 0 Å². The molecule has 2 saturated heterocycles. The van der Waals surface area contributed by atoms with Crippen LogP contribution in [0.25, 0.3) is 0 Å². The molecule has 4 amide bonds. The van der Waals surface area contributed by atoms with Crippen LogP contribution in [0.4, 0.5) is 4.79 Å². The topological polar surface area (TPSA) is 94.6 Å². The number of piperidine rings is 1. The van der Waals surface area contributed by atoms with E-state index < -0.39 is 12.1 Å². The summed E-state index contributed by atoms with van der Waals surface area (Å²) in [6, 6.07) is 11.9. The molecule has 2 N–H and O–H groups in total. The summed E-state index contributed by atoms with van der Waals surface area (Å²) in [7, 11) is 0. The molecule has 0 radical (unpaired) electrons. The lowest BCUT2D eigenvalue weighted by molar-refractivity contribution is -0.139. The predicted molar refractivity (Wildman–Crippen MR) is 110 cm³/mol. The number of carbonyl (C=O) groups is 3. The molecule has 2 unspecified atom stereocenters. The minimum atomic E-state index is -0.486. The first-order chi connectivity index (χ1) is 14.6. The monoisotopic (exact) mass is 407 g/mol. The van der Waals surface area contributed by atoms with Crippen LogP contribution >= 0.6 is 0 Å². The highest BCUT2D eigenvalue weighted by Gasteiger charge is 2.47. The maximum atomic E-state index is 13.2. The highest BCUT2D eigenvalue weighted by molar-refractivity contribution is 6.01. The minimum Gasteiger partial charge on any atom is -0.350 e. The van der Waals surface area contributed by atoms with Crippen LogP contribution in [-0.2, 0) is 22.7 Å². The summed E-state index contributed by atoms with van der Waals surface area (Å²) in [5.74, 6) is -0.475. The van der Waals surface area contributed by atoms with Gasteiger partial charge in [0.1, 0.15) is 12.6 Å². The van der Waals surface area contributed by atoms with Crippen molar-refractivity contribution in [3.05, 3.63) is 66.0 Å². The second-order valence-electron chi connectivity index (χ2n) is 7.59. The van der Waals surface area contributed by atoms with Crippen molar-refractivity contribution in [2.45, 2.75) is 38.0 Å². The Labute approximate surface area is 175 Å². The molecule has 30 heavy (non-hydrogen) atoms. The number of carbonyl (C=O) groups excluding carboxylic acids is 3. The van der Waals surface area contributed by atoms with Gasteiger partial charge in [-0.25, -0.2) is 4.79 Å². The molecular weight excluding hydrogens is 382 g/mol. The fourth-order valence-corrected chi connectivity index (χ4v) is 4.03. The number of hydrogen-bond donors (Lipinski definition) is 2. The number of rotatable bonds is 6. The second kappa shape index (κ2) is 9.04. The second-order valence-corrected chi connectivity index (χ2v) is 7.59. The zero-order chi connectivity index (χ0) is 20.9. The lowest BCUT2D eigenvalue weighted by Gasteiger charge is -2.46. The third-order valence-electron chi connectivity index (χ3n) is 5.57. The molecule has 156 valence electrons. The Morgan fingerprint density at radius 1 is 1.10 bits per heavy atom. The lowest BCUT2D eigenvalue weighted by atomic mass is 9.93. The first-order valence-electron chi connectivity index (χ1n) is 10.2. The summed E-state index contributed by atoms with van der Waals surface area (Å²) in [4.78, 5) is 45.6. The van der Waals surface area contributed by atoms with Gasteiger partial charge in [0.05, 0.1) is 12.6 Å². The maximum Gasteiger partial charge on any atom is 0.327 e.